The highest BCUT2D eigenvalue weighted by Crippen LogP contribution is 2.42. The summed E-state index contributed by atoms with van der Waals surface area (Å²) in [5.41, 5.74) is 0.268. The topological polar surface area (TPSA) is 0 Å². The van der Waals surface area contributed by atoms with Crippen LogP contribution in [-0.4, -0.2) is 0 Å². The normalized spacial score (nSPS) is 12.7. The van der Waals surface area contributed by atoms with E-state index in [1.807, 2.05) is 22.7 Å². The van der Waals surface area contributed by atoms with E-state index in [1.165, 1.54) is 24.4 Å². The van der Waals surface area contributed by atoms with E-state index in [0.717, 1.165) is 0 Å². The van der Waals surface area contributed by atoms with Crippen molar-refractivity contribution in [2.75, 3.05) is 0 Å². The standard InChI is InChI=1S/C14H14S2/c1-14(2,3)12-8-11-13(16-12)9-6-4-5-7-10(9)15-11/h4-8H,1-3H3. The highest BCUT2D eigenvalue weighted by atomic mass is 32.1. The summed E-state index contributed by atoms with van der Waals surface area (Å²) in [6.45, 7) is 6.85. The largest absolute Gasteiger partial charge is 0.138 e. The summed E-state index contributed by atoms with van der Waals surface area (Å²) in [6.07, 6.45) is 0. The second kappa shape index (κ2) is 3.31. The van der Waals surface area contributed by atoms with E-state index < -0.39 is 0 Å². The van der Waals surface area contributed by atoms with Gasteiger partial charge in [-0.15, -0.1) is 22.7 Å². The summed E-state index contributed by atoms with van der Waals surface area (Å²) in [4.78, 5) is 1.49. The van der Waals surface area contributed by atoms with Crippen molar-refractivity contribution in [2.24, 2.45) is 0 Å². The minimum Gasteiger partial charge on any atom is -0.138 e. The van der Waals surface area contributed by atoms with Crippen LogP contribution in [0, 0.1) is 0 Å². The van der Waals surface area contributed by atoms with E-state index in [0.29, 0.717) is 0 Å². The first-order chi connectivity index (χ1) is 7.55. The summed E-state index contributed by atoms with van der Waals surface area (Å²) in [5.74, 6) is 0. The van der Waals surface area contributed by atoms with Gasteiger partial charge >= 0.3 is 0 Å². The molecule has 0 unspecified atom stereocenters. The first kappa shape index (κ1) is 10.3. The molecule has 0 amide bonds. The van der Waals surface area contributed by atoms with Gasteiger partial charge in [0.05, 0.1) is 4.70 Å². The van der Waals surface area contributed by atoms with E-state index in [-0.39, 0.29) is 5.41 Å². The highest BCUT2D eigenvalue weighted by Gasteiger charge is 2.18. The molecule has 0 saturated carbocycles. The minimum absolute atomic E-state index is 0.268. The van der Waals surface area contributed by atoms with Gasteiger partial charge in [-0.3, -0.25) is 0 Å². The van der Waals surface area contributed by atoms with Crippen LogP contribution in [0.2, 0.25) is 0 Å². The van der Waals surface area contributed by atoms with Crippen molar-refractivity contribution in [3.8, 4) is 0 Å². The third-order valence-corrected chi connectivity index (χ3v) is 5.63. The van der Waals surface area contributed by atoms with Gasteiger partial charge in [0.25, 0.3) is 0 Å². The smallest absolute Gasteiger partial charge is 0.0532 e. The van der Waals surface area contributed by atoms with E-state index in [2.05, 4.69) is 51.1 Å². The molecule has 0 fully saturated rings. The van der Waals surface area contributed by atoms with Crippen LogP contribution in [0.15, 0.2) is 30.3 Å². The quantitative estimate of drug-likeness (QED) is 0.497. The van der Waals surface area contributed by atoms with Crippen LogP contribution in [0.4, 0.5) is 0 Å². The van der Waals surface area contributed by atoms with Crippen molar-refractivity contribution in [1.29, 1.82) is 0 Å². The third-order valence-electron chi connectivity index (χ3n) is 2.79. The van der Waals surface area contributed by atoms with Crippen LogP contribution in [0.25, 0.3) is 19.5 Å². The predicted octanol–water partition coefficient (Wildman–Crippen LogP) is 5.41. The molecule has 16 heavy (non-hydrogen) atoms. The Labute approximate surface area is 104 Å². The number of rotatable bonds is 0. The fourth-order valence-corrected chi connectivity index (χ4v) is 4.45. The van der Waals surface area contributed by atoms with Crippen LogP contribution >= 0.6 is 22.7 Å². The molecule has 0 aliphatic rings. The molecule has 2 heteroatoms. The molecule has 2 aromatic heterocycles. The Morgan fingerprint density at radius 3 is 2.44 bits per heavy atom. The zero-order valence-corrected chi connectivity index (χ0v) is 11.3. The van der Waals surface area contributed by atoms with Gasteiger partial charge in [0.2, 0.25) is 0 Å². The molecule has 0 aliphatic carbocycles. The number of benzene rings is 1. The first-order valence-corrected chi connectivity index (χ1v) is 7.10. The predicted molar refractivity (Wildman–Crippen MR) is 75.9 cm³/mol. The zero-order valence-electron chi connectivity index (χ0n) is 9.70. The maximum absolute atomic E-state index is 2.37. The Morgan fingerprint density at radius 1 is 0.938 bits per heavy atom. The van der Waals surface area contributed by atoms with Crippen LogP contribution < -0.4 is 0 Å². The molecule has 3 aromatic rings. The fourth-order valence-electron chi connectivity index (χ4n) is 1.87. The Bertz CT molecular complexity index is 650. The van der Waals surface area contributed by atoms with Gasteiger partial charge in [-0.05, 0) is 17.5 Å². The van der Waals surface area contributed by atoms with Crippen molar-refractivity contribution >= 4 is 42.2 Å². The summed E-state index contributed by atoms with van der Waals surface area (Å²) in [7, 11) is 0. The second-order valence-electron chi connectivity index (χ2n) is 5.15. The minimum atomic E-state index is 0.268. The Hall–Kier alpha value is -0.860. The molecule has 0 aliphatic heterocycles. The molecule has 0 spiro atoms. The summed E-state index contributed by atoms with van der Waals surface area (Å²) in [5, 5.41) is 1.42. The second-order valence-corrected chi connectivity index (χ2v) is 7.29. The maximum atomic E-state index is 2.37. The molecule has 1 aromatic carbocycles. The lowest BCUT2D eigenvalue weighted by Gasteiger charge is -2.15. The lowest BCUT2D eigenvalue weighted by atomic mass is 9.95. The van der Waals surface area contributed by atoms with Crippen LogP contribution in [-0.2, 0) is 5.41 Å². The lowest BCUT2D eigenvalue weighted by Crippen LogP contribution is -2.07. The Balaban J connectivity index is 2.35. The highest BCUT2D eigenvalue weighted by molar-refractivity contribution is 7.32. The van der Waals surface area contributed by atoms with Gasteiger partial charge < -0.3 is 0 Å². The average molecular weight is 246 g/mol. The molecule has 0 atom stereocenters. The molecule has 0 bridgehead atoms. The van der Waals surface area contributed by atoms with Gasteiger partial charge in [-0.1, -0.05) is 39.0 Å². The molecule has 82 valence electrons. The molecule has 0 N–H and O–H groups in total. The fraction of sp³-hybridized carbons (Fsp3) is 0.286. The third kappa shape index (κ3) is 1.48. The van der Waals surface area contributed by atoms with Crippen LogP contribution in [0.1, 0.15) is 25.6 Å². The van der Waals surface area contributed by atoms with E-state index in [4.69, 9.17) is 0 Å². The van der Waals surface area contributed by atoms with E-state index in [1.54, 1.807) is 0 Å². The van der Waals surface area contributed by atoms with Gasteiger partial charge in [-0.25, -0.2) is 0 Å². The van der Waals surface area contributed by atoms with Crippen LogP contribution in [0.5, 0.6) is 0 Å². The average Bonchev–Trinajstić information content (AvgIpc) is 2.72. The lowest BCUT2D eigenvalue weighted by molar-refractivity contribution is 0.604. The molecule has 0 radical (unpaired) electrons. The SMILES string of the molecule is CC(C)(C)c1cc2sc3ccccc3c2s1. The van der Waals surface area contributed by atoms with E-state index in [9.17, 15) is 0 Å². The monoisotopic (exact) mass is 246 g/mol. The summed E-state index contributed by atoms with van der Waals surface area (Å²) >= 11 is 3.86. The number of fused-ring (bicyclic) bond motifs is 3. The molecular formula is C14H14S2. The van der Waals surface area contributed by atoms with Crippen molar-refractivity contribution in [1.82, 2.24) is 0 Å². The molecule has 3 rings (SSSR count). The molecule has 2 heterocycles. The van der Waals surface area contributed by atoms with Crippen molar-refractivity contribution in [3.05, 3.63) is 35.2 Å². The van der Waals surface area contributed by atoms with E-state index >= 15 is 0 Å². The molecule has 0 nitrogen and oxygen atoms in total. The zero-order chi connectivity index (χ0) is 11.3. The van der Waals surface area contributed by atoms with Gasteiger partial charge in [0.15, 0.2) is 0 Å². The van der Waals surface area contributed by atoms with Crippen molar-refractivity contribution < 1.29 is 0 Å². The van der Waals surface area contributed by atoms with Crippen molar-refractivity contribution in [2.45, 2.75) is 26.2 Å². The van der Waals surface area contributed by atoms with Crippen molar-refractivity contribution in [3.63, 3.8) is 0 Å². The Kier molecular flexibility index (Phi) is 2.13. The van der Waals surface area contributed by atoms with Gasteiger partial charge in [0.1, 0.15) is 0 Å². The van der Waals surface area contributed by atoms with Gasteiger partial charge in [0, 0.05) is 19.7 Å². The summed E-state index contributed by atoms with van der Waals surface area (Å²) in [6, 6.07) is 11.1. The number of thiophene rings is 2. The molecule has 0 saturated heterocycles. The van der Waals surface area contributed by atoms with Crippen LogP contribution in [0.3, 0.4) is 0 Å². The molecular weight excluding hydrogens is 232 g/mol. The maximum Gasteiger partial charge on any atom is 0.0532 e. The first-order valence-electron chi connectivity index (χ1n) is 5.47. The number of hydrogen-bond donors (Lipinski definition) is 0. The number of hydrogen-bond acceptors (Lipinski definition) is 2. The van der Waals surface area contributed by atoms with Gasteiger partial charge in [-0.2, -0.15) is 0 Å². The Morgan fingerprint density at radius 2 is 1.69 bits per heavy atom. The summed E-state index contributed by atoms with van der Waals surface area (Å²) < 4.78 is 4.31.